The molecular weight excluding hydrogens is 514 g/mol. The van der Waals surface area contributed by atoms with Crippen molar-refractivity contribution in [3.8, 4) is 0 Å². The highest BCUT2D eigenvalue weighted by atomic mass is 79.9. The number of alkyl halides is 1. The Hall–Kier alpha value is -3.80. The second-order valence-corrected chi connectivity index (χ2v) is 8.35. The van der Waals surface area contributed by atoms with Gasteiger partial charge in [-0.1, -0.05) is 15.9 Å². The first kappa shape index (κ1) is 24.3. The quantitative estimate of drug-likeness (QED) is 0.313. The van der Waals surface area contributed by atoms with E-state index in [1.165, 1.54) is 12.4 Å². The number of fused-ring (bicyclic) bond motifs is 1. The predicted molar refractivity (Wildman–Crippen MR) is 138 cm³/mol. The van der Waals surface area contributed by atoms with Gasteiger partial charge in [0.05, 0.1) is 34.2 Å². The molecule has 11 nitrogen and oxygen atoms in total. The fourth-order valence-electron chi connectivity index (χ4n) is 3.65. The summed E-state index contributed by atoms with van der Waals surface area (Å²) in [6, 6.07) is 7.32. The van der Waals surface area contributed by atoms with E-state index in [9.17, 15) is 9.59 Å². The molecule has 0 bridgehead atoms. The molecule has 0 fully saturated rings. The van der Waals surface area contributed by atoms with E-state index < -0.39 is 0 Å². The molecule has 3 heterocycles. The van der Waals surface area contributed by atoms with E-state index in [2.05, 4.69) is 46.6 Å². The van der Waals surface area contributed by atoms with Gasteiger partial charge in [-0.3, -0.25) is 19.6 Å². The van der Waals surface area contributed by atoms with Crippen molar-refractivity contribution in [2.24, 2.45) is 7.05 Å². The van der Waals surface area contributed by atoms with E-state index in [4.69, 9.17) is 0 Å². The number of nitrogens with one attached hydrogen (secondary N) is 2. The maximum absolute atomic E-state index is 13.0. The molecule has 0 aliphatic rings. The Bertz CT molecular complexity index is 1340. The molecule has 35 heavy (non-hydrogen) atoms. The average Bonchev–Trinajstić information content (AvgIpc) is 3.42. The van der Waals surface area contributed by atoms with Crippen molar-refractivity contribution in [2.75, 3.05) is 34.0 Å². The van der Waals surface area contributed by atoms with Crippen LogP contribution in [0.15, 0.2) is 42.9 Å². The van der Waals surface area contributed by atoms with Crippen LogP contribution in [0.3, 0.4) is 0 Å². The number of aromatic nitrogens is 6. The number of amides is 2. The number of carbonyl (C=O) groups is 2. The van der Waals surface area contributed by atoms with Gasteiger partial charge in [-0.05, 0) is 38.1 Å². The standard InChI is InChI=1S/C23H26BrN9O2/c1-4-32(5-2)22-25-12-15(13-26-22)21(35)29-23-28-18-10-16(27-20(34)11-24)6-7-19(18)33(23)14-17-8-9-31(3)30-17/h6-10,12-13H,4-5,11,14H2,1-3H3,(H,27,34)(H,28,29,35). The molecule has 1 aromatic carbocycles. The lowest BCUT2D eigenvalue weighted by atomic mass is 10.2. The molecule has 0 aliphatic heterocycles. The van der Waals surface area contributed by atoms with E-state index in [0.29, 0.717) is 35.2 Å². The third-order valence-corrected chi connectivity index (χ3v) is 5.92. The summed E-state index contributed by atoms with van der Waals surface area (Å²) in [7, 11) is 1.85. The summed E-state index contributed by atoms with van der Waals surface area (Å²) in [6.07, 6.45) is 4.88. The Balaban J connectivity index is 1.65. The average molecular weight is 540 g/mol. The first-order valence-corrected chi connectivity index (χ1v) is 12.3. The molecule has 4 aromatic rings. The number of hydrogen-bond donors (Lipinski definition) is 2. The zero-order valence-electron chi connectivity index (χ0n) is 19.7. The number of benzene rings is 1. The monoisotopic (exact) mass is 539 g/mol. The number of nitrogens with zero attached hydrogens (tertiary/aromatic N) is 7. The maximum atomic E-state index is 13.0. The van der Waals surface area contributed by atoms with Crippen LogP contribution in [0, 0.1) is 0 Å². The van der Waals surface area contributed by atoms with Gasteiger partial charge < -0.3 is 14.8 Å². The summed E-state index contributed by atoms with van der Waals surface area (Å²) in [6.45, 7) is 6.00. The van der Waals surface area contributed by atoms with Crippen LogP contribution in [0.5, 0.6) is 0 Å². The van der Waals surface area contributed by atoms with Crippen LogP contribution >= 0.6 is 15.9 Å². The van der Waals surface area contributed by atoms with Gasteiger partial charge in [0, 0.05) is 44.4 Å². The van der Waals surface area contributed by atoms with Gasteiger partial charge in [0.1, 0.15) is 0 Å². The molecule has 0 atom stereocenters. The molecule has 0 radical (unpaired) electrons. The number of anilines is 3. The van der Waals surface area contributed by atoms with Crippen LogP contribution in [0.4, 0.5) is 17.6 Å². The van der Waals surface area contributed by atoms with Crippen molar-refractivity contribution < 1.29 is 9.59 Å². The van der Waals surface area contributed by atoms with Crippen molar-refractivity contribution >= 4 is 56.4 Å². The van der Waals surface area contributed by atoms with Crippen molar-refractivity contribution in [1.29, 1.82) is 0 Å². The molecule has 4 rings (SSSR count). The summed E-state index contributed by atoms with van der Waals surface area (Å²) in [5.74, 6) is 0.389. The highest BCUT2D eigenvalue weighted by Crippen LogP contribution is 2.25. The second-order valence-electron chi connectivity index (χ2n) is 7.79. The van der Waals surface area contributed by atoms with E-state index in [-0.39, 0.29) is 17.1 Å². The van der Waals surface area contributed by atoms with Crippen LogP contribution in [-0.4, -0.2) is 59.5 Å². The Labute approximate surface area is 210 Å². The number of aryl methyl sites for hydroxylation is 1. The van der Waals surface area contributed by atoms with Gasteiger partial charge in [0.25, 0.3) is 5.91 Å². The summed E-state index contributed by atoms with van der Waals surface area (Å²) in [4.78, 5) is 40.1. The number of carbonyl (C=O) groups excluding carboxylic acids is 2. The molecule has 3 aromatic heterocycles. The maximum Gasteiger partial charge on any atom is 0.261 e. The zero-order chi connectivity index (χ0) is 24.9. The molecule has 2 amide bonds. The largest absolute Gasteiger partial charge is 0.341 e. The Kier molecular flexibility index (Phi) is 7.39. The van der Waals surface area contributed by atoms with E-state index in [0.717, 1.165) is 24.3 Å². The van der Waals surface area contributed by atoms with Crippen molar-refractivity contribution in [1.82, 2.24) is 29.3 Å². The molecule has 0 saturated heterocycles. The van der Waals surface area contributed by atoms with Gasteiger partial charge in [-0.25, -0.2) is 15.0 Å². The number of rotatable bonds is 9. The Morgan fingerprint density at radius 2 is 1.83 bits per heavy atom. The van der Waals surface area contributed by atoms with Crippen LogP contribution in [-0.2, 0) is 18.4 Å². The van der Waals surface area contributed by atoms with Crippen LogP contribution in [0.25, 0.3) is 11.0 Å². The highest BCUT2D eigenvalue weighted by Gasteiger charge is 2.17. The van der Waals surface area contributed by atoms with E-state index in [1.807, 2.05) is 48.7 Å². The summed E-state index contributed by atoms with van der Waals surface area (Å²) >= 11 is 3.15. The van der Waals surface area contributed by atoms with Crippen molar-refractivity contribution in [3.63, 3.8) is 0 Å². The molecule has 0 spiro atoms. The lowest BCUT2D eigenvalue weighted by molar-refractivity contribution is -0.113. The highest BCUT2D eigenvalue weighted by molar-refractivity contribution is 9.09. The van der Waals surface area contributed by atoms with Gasteiger partial charge in [0.2, 0.25) is 17.8 Å². The number of hydrogen-bond acceptors (Lipinski definition) is 7. The third-order valence-electron chi connectivity index (χ3n) is 5.41. The normalized spacial score (nSPS) is 11.0. The lowest BCUT2D eigenvalue weighted by Crippen LogP contribution is -2.24. The third kappa shape index (κ3) is 5.48. The molecule has 2 N–H and O–H groups in total. The Morgan fingerprint density at radius 3 is 2.46 bits per heavy atom. The molecule has 0 unspecified atom stereocenters. The van der Waals surface area contributed by atoms with Crippen molar-refractivity contribution in [2.45, 2.75) is 20.4 Å². The molecule has 0 aliphatic carbocycles. The minimum Gasteiger partial charge on any atom is -0.341 e. The first-order valence-electron chi connectivity index (χ1n) is 11.1. The van der Waals surface area contributed by atoms with Gasteiger partial charge in [0.15, 0.2) is 0 Å². The summed E-state index contributed by atoms with van der Waals surface area (Å²) < 4.78 is 3.59. The summed E-state index contributed by atoms with van der Waals surface area (Å²) in [5.41, 5.74) is 3.16. The topological polar surface area (TPSA) is 123 Å². The first-order chi connectivity index (χ1) is 16.9. The van der Waals surface area contributed by atoms with E-state index in [1.54, 1.807) is 16.8 Å². The zero-order valence-corrected chi connectivity index (χ0v) is 21.3. The van der Waals surface area contributed by atoms with Gasteiger partial charge in [-0.2, -0.15) is 5.10 Å². The van der Waals surface area contributed by atoms with Gasteiger partial charge in [-0.15, -0.1) is 0 Å². The van der Waals surface area contributed by atoms with Crippen LogP contribution in [0.1, 0.15) is 29.9 Å². The van der Waals surface area contributed by atoms with Gasteiger partial charge >= 0.3 is 0 Å². The number of imidazole rings is 1. The number of halogens is 1. The molecular formula is C23H26BrN9O2. The molecule has 182 valence electrons. The minimum absolute atomic E-state index is 0.168. The Morgan fingerprint density at radius 1 is 1.09 bits per heavy atom. The fraction of sp³-hybridized carbons (Fsp3) is 0.304. The van der Waals surface area contributed by atoms with Crippen molar-refractivity contribution in [3.05, 3.63) is 54.1 Å². The SMILES string of the molecule is CCN(CC)c1ncc(C(=O)Nc2nc3cc(NC(=O)CBr)ccc3n2Cc2ccn(C)n2)cn1. The summed E-state index contributed by atoms with van der Waals surface area (Å²) in [5, 5.41) is 10.3. The van der Waals surface area contributed by atoms with E-state index >= 15 is 0 Å². The fourth-order valence-corrected chi connectivity index (χ4v) is 3.79. The smallest absolute Gasteiger partial charge is 0.261 e. The molecule has 0 saturated carbocycles. The predicted octanol–water partition coefficient (Wildman–Crippen LogP) is 3.04. The minimum atomic E-state index is -0.374. The second kappa shape index (κ2) is 10.6. The van der Waals surface area contributed by atoms with Crippen LogP contribution < -0.4 is 15.5 Å². The van der Waals surface area contributed by atoms with Crippen LogP contribution in [0.2, 0.25) is 0 Å². The molecule has 12 heteroatoms. The lowest BCUT2D eigenvalue weighted by Gasteiger charge is -2.18.